The number of aromatic nitrogens is 2. The quantitative estimate of drug-likeness (QED) is 0.454. The van der Waals surface area contributed by atoms with Crippen LogP contribution in [-0.4, -0.2) is 34.9 Å². The highest BCUT2D eigenvalue weighted by Gasteiger charge is 2.12. The molecule has 0 spiro atoms. The van der Waals surface area contributed by atoms with Gasteiger partial charge < -0.3 is 10.6 Å². The first-order valence-corrected chi connectivity index (χ1v) is 10.5. The normalized spacial score (nSPS) is 11.9. The van der Waals surface area contributed by atoms with E-state index in [4.69, 9.17) is 0 Å². The van der Waals surface area contributed by atoms with Crippen LogP contribution in [0.4, 0.5) is 5.13 Å². The van der Waals surface area contributed by atoms with Gasteiger partial charge in [-0.3, -0.25) is 4.79 Å². The molecule has 0 bridgehead atoms. The minimum Gasteiger partial charge on any atom is -0.360 e. The lowest BCUT2D eigenvalue weighted by Gasteiger charge is -2.16. The zero-order valence-corrected chi connectivity index (χ0v) is 16.5. The van der Waals surface area contributed by atoms with Gasteiger partial charge in [0.25, 0.3) is 0 Å². The Morgan fingerprint density at radius 1 is 1.24 bits per heavy atom. The van der Waals surface area contributed by atoms with Crippen molar-refractivity contribution in [3.63, 3.8) is 0 Å². The van der Waals surface area contributed by atoms with E-state index in [1.165, 1.54) is 28.7 Å². The molecular formula is C18H26N4OS2. The second kappa shape index (κ2) is 11.1. The second-order valence-electron chi connectivity index (χ2n) is 5.76. The van der Waals surface area contributed by atoms with Crippen molar-refractivity contribution in [1.82, 2.24) is 15.5 Å². The summed E-state index contributed by atoms with van der Waals surface area (Å²) in [5.74, 6) is 0.760. The molecule has 0 fully saturated rings. The highest BCUT2D eigenvalue weighted by Crippen LogP contribution is 2.25. The van der Waals surface area contributed by atoms with Crippen LogP contribution in [0, 0.1) is 0 Å². The number of amides is 1. The Kier molecular flexibility index (Phi) is 8.76. The number of hydrogen-bond acceptors (Lipinski definition) is 6. The summed E-state index contributed by atoms with van der Waals surface area (Å²) in [6, 6.07) is 10.3. The molecule has 5 nitrogen and oxygen atoms in total. The largest absolute Gasteiger partial charge is 0.360 e. The van der Waals surface area contributed by atoms with Crippen molar-refractivity contribution in [1.29, 1.82) is 0 Å². The van der Waals surface area contributed by atoms with Gasteiger partial charge in [-0.25, -0.2) is 0 Å². The highest BCUT2D eigenvalue weighted by molar-refractivity contribution is 8.01. The molecule has 136 valence electrons. The number of anilines is 1. The van der Waals surface area contributed by atoms with Gasteiger partial charge in [0.15, 0.2) is 4.34 Å². The number of hydrogen-bond donors (Lipinski definition) is 2. The van der Waals surface area contributed by atoms with Crippen LogP contribution in [-0.2, 0) is 4.79 Å². The van der Waals surface area contributed by atoms with Crippen molar-refractivity contribution in [2.75, 3.05) is 24.2 Å². The van der Waals surface area contributed by atoms with Crippen LogP contribution in [0.25, 0.3) is 0 Å². The lowest BCUT2D eigenvalue weighted by molar-refractivity contribution is -0.118. The van der Waals surface area contributed by atoms with Gasteiger partial charge in [-0.15, -0.1) is 10.2 Å². The molecule has 1 aromatic carbocycles. The number of benzene rings is 1. The molecule has 2 aromatic rings. The van der Waals surface area contributed by atoms with Gasteiger partial charge in [-0.05, 0) is 18.4 Å². The summed E-state index contributed by atoms with van der Waals surface area (Å²) in [5, 5.41) is 15.3. The van der Waals surface area contributed by atoms with Gasteiger partial charge in [0.2, 0.25) is 11.0 Å². The predicted molar refractivity (Wildman–Crippen MR) is 107 cm³/mol. The Labute approximate surface area is 158 Å². The number of nitrogens with one attached hydrogen (secondary N) is 2. The molecule has 7 heteroatoms. The van der Waals surface area contributed by atoms with E-state index in [9.17, 15) is 4.79 Å². The topological polar surface area (TPSA) is 66.9 Å². The summed E-state index contributed by atoms with van der Waals surface area (Å²) in [6.07, 6.45) is 3.26. The van der Waals surface area contributed by atoms with Crippen LogP contribution in [0.15, 0.2) is 34.7 Å². The zero-order valence-electron chi connectivity index (χ0n) is 14.8. The summed E-state index contributed by atoms with van der Waals surface area (Å²) < 4.78 is 0.823. The predicted octanol–water partition coefficient (Wildman–Crippen LogP) is 4.15. The van der Waals surface area contributed by atoms with Crippen LogP contribution in [0.2, 0.25) is 0 Å². The van der Waals surface area contributed by atoms with Gasteiger partial charge in [0.05, 0.1) is 5.75 Å². The molecule has 0 aliphatic rings. The van der Waals surface area contributed by atoms with E-state index < -0.39 is 0 Å². The first-order valence-electron chi connectivity index (χ1n) is 8.74. The minimum absolute atomic E-state index is 0.0371. The molecule has 1 heterocycles. The van der Waals surface area contributed by atoms with E-state index in [2.05, 4.69) is 46.8 Å². The van der Waals surface area contributed by atoms with Crippen molar-refractivity contribution in [3.8, 4) is 0 Å². The fourth-order valence-corrected chi connectivity index (χ4v) is 3.96. The van der Waals surface area contributed by atoms with E-state index in [-0.39, 0.29) is 5.91 Å². The third-order valence-corrected chi connectivity index (χ3v) is 5.86. The molecule has 1 amide bonds. The number of carbonyl (C=O) groups is 1. The van der Waals surface area contributed by atoms with Crippen LogP contribution < -0.4 is 10.6 Å². The molecule has 1 atom stereocenters. The van der Waals surface area contributed by atoms with Crippen LogP contribution in [0.1, 0.15) is 44.6 Å². The number of nitrogens with zero attached hydrogens (tertiary/aromatic N) is 2. The molecule has 0 saturated heterocycles. The molecular weight excluding hydrogens is 352 g/mol. The summed E-state index contributed by atoms with van der Waals surface area (Å²) in [6.45, 7) is 5.88. The standard InChI is InChI=1S/C18H26N4OS2/c1-3-5-11-19-17-21-22-18(25-17)24-13-16(23)20-12-14(4-2)15-9-7-6-8-10-15/h6-10,14H,3-5,11-13H2,1-2H3,(H,19,21)(H,20,23). The lowest BCUT2D eigenvalue weighted by Crippen LogP contribution is -2.29. The molecule has 0 aliphatic carbocycles. The molecule has 2 N–H and O–H groups in total. The van der Waals surface area contributed by atoms with Crippen molar-refractivity contribution in [2.45, 2.75) is 43.4 Å². The number of unbranched alkanes of at least 4 members (excludes halogenated alkanes) is 1. The minimum atomic E-state index is 0.0371. The van der Waals surface area contributed by atoms with Crippen molar-refractivity contribution < 1.29 is 4.79 Å². The Morgan fingerprint density at radius 2 is 2.04 bits per heavy atom. The van der Waals surface area contributed by atoms with Gasteiger partial charge in [-0.1, -0.05) is 73.7 Å². The Morgan fingerprint density at radius 3 is 2.76 bits per heavy atom. The summed E-state index contributed by atoms with van der Waals surface area (Å²) >= 11 is 2.94. The van der Waals surface area contributed by atoms with Gasteiger partial charge >= 0.3 is 0 Å². The Balaban J connectivity index is 1.71. The monoisotopic (exact) mass is 378 g/mol. The van der Waals surface area contributed by atoms with Gasteiger partial charge in [-0.2, -0.15) is 0 Å². The molecule has 1 unspecified atom stereocenters. The van der Waals surface area contributed by atoms with E-state index >= 15 is 0 Å². The number of rotatable bonds is 11. The maximum absolute atomic E-state index is 12.1. The summed E-state index contributed by atoms with van der Waals surface area (Å²) in [7, 11) is 0. The smallest absolute Gasteiger partial charge is 0.230 e. The van der Waals surface area contributed by atoms with Crippen molar-refractivity contribution >= 4 is 34.1 Å². The van der Waals surface area contributed by atoms with E-state index in [0.29, 0.717) is 18.2 Å². The van der Waals surface area contributed by atoms with Gasteiger partial charge in [0.1, 0.15) is 0 Å². The molecule has 0 radical (unpaired) electrons. The third-order valence-electron chi connectivity index (χ3n) is 3.85. The SMILES string of the molecule is CCCCNc1nnc(SCC(=O)NCC(CC)c2ccccc2)s1. The molecule has 0 saturated carbocycles. The fourth-order valence-electron chi connectivity index (χ4n) is 2.35. The zero-order chi connectivity index (χ0) is 17.9. The Bertz CT molecular complexity index is 633. The number of carbonyl (C=O) groups excluding carboxylic acids is 1. The highest BCUT2D eigenvalue weighted by atomic mass is 32.2. The van der Waals surface area contributed by atoms with E-state index in [1.807, 2.05) is 18.2 Å². The van der Waals surface area contributed by atoms with E-state index in [1.54, 1.807) is 0 Å². The number of thioether (sulfide) groups is 1. The van der Waals surface area contributed by atoms with Crippen LogP contribution in [0.3, 0.4) is 0 Å². The second-order valence-corrected chi connectivity index (χ2v) is 7.96. The maximum atomic E-state index is 12.1. The molecule has 2 rings (SSSR count). The average molecular weight is 379 g/mol. The summed E-state index contributed by atoms with van der Waals surface area (Å²) in [5.41, 5.74) is 1.27. The van der Waals surface area contributed by atoms with Gasteiger partial charge in [0, 0.05) is 19.0 Å². The Hall–Kier alpha value is -1.60. The van der Waals surface area contributed by atoms with Crippen LogP contribution >= 0.6 is 23.1 Å². The molecule has 0 aliphatic heterocycles. The fraction of sp³-hybridized carbons (Fsp3) is 0.500. The average Bonchev–Trinajstić information content (AvgIpc) is 3.09. The van der Waals surface area contributed by atoms with Crippen LogP contribution in [0.5, 0.6) is 0 Å². The molecule has 25 heavy (non-hydrogen) atoms. The lowest BCUT2D eigenvalue weighted by atomic mass is 9.96. The molecule has 1 aromatic heterocycles. The third kappa shape index (κ3) is 7.04. The van der Waals surface area contributed by atoms with E-state index in [0.717, 1.165) is 35.3 Å². The first-order chi connectivity index (χ1) is 12.2. The van der Waals surface area contributed by atoms with Crippen molar-refractivity contribution in [3.05, 3.63) is 35.9 Å². The first kappa shape index (κ1) is 19.7. The van der Waals surface area contributed by atoms with Crippen molar-refractivity contribution in [2.24, 2.45) is 0 Å². The maximum Gasteiger partial charge on any atom is 0.230 e. The summed E-state index contributed by atoms with van der Waals surface area (Å²) in [4.78, 5) is 12.1.